The Morgan fingerprint density at radius 2 is 1.43 bits per heavy atom. The molecular weight excluding hydrogens is 415 g/mol. The van der Waals surface area contributed by atoms with Crippen molar-refractivity contribution >= 4 is 57.9 Å². The van der Waals surface area contributed by atoms with Crippen LogP contribution in [0.1, 0.15) is 0 Å². The standard InChI is InChI=1S/C6H3Br3O3S.Na/c7-3-1-5(9)6(2-4(3)8)13(10,11)12;/h1-2H,(H,10,11,12);/q;+1/p-1. The first-order valence-corrected chi connectivity index (χ1v) is 6.71. The summed E-state index contributed by atoms with van der Waals surface area (Å²) in [6.45, 7) is 0. The number of benzene rings is 1. The molecule has 1 aromatic carbocycles. The monoisotopic (exact) mass is 414 g/mol. The van der Waals surface area contributed by atoms with Gasteiger partial charge in [-0.2, -0.15) is 0 Å². The Kier molecular flexibility index (Phi) is 6.41. The van der Waals surface area contributed by atoms with Crippen molar-refractivity contribution in [3.63, 3.8) is 0 Å². The van der Waals surface area contributed by atoms with Crippen molar-refractivity contribution in [1.29, 1.82) is 0 Å². The second kappa shape index (κ2) is 5.77. The summed E-state index contributed by atoms with van der Waals surface area (Å²) in [6, 6.07) is 2.74. The van der Waals surface area contributed by atoms with Gasteiger partial charge in [-0.1, -0.05) is 0 Å². The van der Waals surface area contributed by atoms with Crippen LogP contribution in [0.2, 0.25) is 0 Å². The summed E-state index contributed by atoms with van der Waals surface area (Å²) in [5.74, 6) is 0. The SMILES string of the molecule is O=S(=O)([O-])c1cc(Br)c(Br)cc1Br.[Na+]. The molecule has 1 rings (SSSR count). The smallest absolute Gasteiger partial charge is 0.744 e. The van der Waals surface area contributed by atoms with E-state index in [9.17, 15) is 13.0 Å². The molecule has 0 aliphatic rings. The molecule has 0 fully saturated rings. The van der Waals surface area contributed by atoms with Crippen LogP contribution in [-0.2, 0) is 10.1 Å². The molecule has 0 bridgehead atoms. The summed E-state index contributed by atoms with van der Waals surface area (Å²) in [7, 11) is -4.42. The average Bonchev–Trinajstić information content (AvgIpc) is 1.94. The molecule has 0 aliphatic heterocycles. The quantitative estimate of drug-likeness (QED) is 0.364. The molecule has 0 aromatic heterocycles. The van der Waals surface area contributed by atoms with E-state index in [1.165, 1.54) is 12.1 Å². The number of halogens is 3. The van der Waals surface area contributed by atoms with Crippen LogP contribution in [0.25, 0.3) is 0 Å². The molecule has 0 amide bonds. The topological polar surface area (TPSA) is 57.2 Å². The number of hydrogen-bond acceptors (Lipinski definition) is 3. The van der Waals surface area contributed by atoms with Crippen molar-refractivity contribution in [2.24, 2.45) is 0 Å². The Hall–Kier alpha value is 1.57. The van der Waals surface area contributed by atoms with E-state index in [1.54, 1.807) is 0 Å². The number of hydrogen-bond donors (Lipinski definition) is 0. The van der Waals surface area contributed by atoms with Crippen LogP contribution in [0, 0.1) is 0 Å². The Labute approximate surface area is 129 Å². The predicted octanol–water partition coefficient (Wildman–Crippen LogP) is -0.118. The molecule has 0 spiro atoms. The van der Waals surface area contributed by atoms with Crippen molar-refractivity contribution in [2.45, 2.75) is 4.90 Å². The summed E-state index contributed by atoms with van der Waals surface area (Å²) in [6.07, 6.45) is 0. The third-order valence-corrected chi connectivity index (χ3v) is 4.88. The first kappa shape index (κ1) is 15.6. The van der Waals surface area contributed by atoms with Crippen molar-refractivity contribution in [1.82, 2.24) is 0 Å². The van der Waals surface area contributed by atoms with Gasteiger partial charge >= 0.3 is 29.6 Å². The van der Waals surface area contributed by atoms with Crippen LogP contribution >= 0.6 is 47.8 Å². The van der Waals surface area contributed by atoms with Crippen LogP contribution in [0.4, 0.5) is 0 Å². The van der Waals surface area contributed by atoms with E-state index >= 15 is 0 Å². The second-order valence-electron chi connectivity index (χ2n) is 2.15. The van der Waals surface area contributed by atoms with Gasteiger partial charge in [0, 0.05) is 13.4 Å². The van der Waals surface area contributed by atoms with Crippen LogP contribution in [0.15, 0.2) is 30.4 Å². The first-order chi connectivity index (χ1) is 5.82. The number of rotatable bonds is 1. The third kappa shape index (κ3) is 3.86. The first-order valence-electron chi connectivity index (χ1n) is 2.93. The minimum atomic E-state index is -4.42. The summed E-state index contributed by atoms with van der Waals surface area (Å²) < 4.78 is 33.5. The van der Waals surface area contributed by atoms with Crippen LogP contribution in [0.5, 0.6) is 0 Å². The zero-order valence-corrected chi connectivity index (χ0v) is 14.5. The van der Waals surface area contributed by atoms with E-state index in [0.29, 0.717) is 8.95 Å². The van der Waals surface area contributed by atoms with Crippen molar-refractivity contribution in [2.75, 3.05) is 0 Å². The van der Waals surface area contributed by atoms with E-state index in [0.717, 1.165) is 0 Å². The minimum absolute atomic E-state index is 0. The zero-order valence-electron chi connectivity index (χ0n) is 6.92. The van der Waals surface area contributed by atoms with Gasteiger partial charge in [0.05, 0.1) is 4.90 Å². The Bertz CT molecular complexity index is 446. The van der Waals surface area contributed by atoms with Gasteiger partial charge in [0.15, 0.2) is 0 Å². The molecule has 0 unspecified atom stereocenters. The van der Waals surface area contributed by atoms with Gasteiger partial charge in [-0.25, -0.2) is 8.42 Å². The average molecular weight is 417 g/mol. The van der Waals surface area contributed by atoms with Crippen molar-refractivity contribution in [3.05, 3.63) is 25.6 Å². The van der Waals surface area contributed by atoms with Gasteiger partial charge in [0.1, 0.15) is 10.1 Å². The molecule has 0 atom stereocenters. The molecule has 0 heterocycles. The zero-order chi connectivity index (χ0) is 10.2. The Morgan fingerprint density at radius 3 is 1.86 bits per heavy atom. The molecule has 0 N–H and O–H groups in total. The molecule has 0 saturated carbocycles. The second-order valence-corrected chi connectivity index (χ2v) is 6.06. The molecule has 0 saturated heterocycles. The van der Waals surface area contributed by atoms with Crippen molar-refractivity contribution in [3.8, 4) is 0 Å². The van der Waals surface area contributed by atoms with Gasteiger partial charge in [-0.3, -0.25) is 0 Å². The fraction of sp³-hybridized carbons (Fsp3) is 0. The van der Waals surface area contributed by atoms with Crippen LogP contribution < -0.4 is 29.6 Å². The maximum Gasteiger partial charge on any atom is 1.00 e. The molecule has 0 aliphatic carbocycles. The van der Waals surface area contributed by atoms with Gasteiger partial charge in [0.25, 0.3) is 0 Å². The van der Waals surface area contributed by atoms with Gasteiger partial charge in [0.2, 0.25) is 0 Å². The summed E-state index contributed by atoms with van der Waals surface area (Å²) >= 11 is 9.26. The van der Waals surface area contributed by atoms with E-state index in [1.807, 2.05) is 0 Å². The largest absolute Gasteiger partial charge is 1.00 e. The Morgan fingerprint density at radius 1 is 1.00 bits per heavy atom. The van der Waals surface area contributed by atoms with Gasteiger partial charge < -0.3 is 4.55 Å². The predicted molar refractivity (Wildman–Crippen MR) is 57.5 cm³/mol. The van der Waals surface area contributed by atoms with E-state index in [2.05, 4.69) is 47.8 Å². The summed E-state index contributed by atoms with van der Waals surface area (Å²) in [4.78, 5) is -0.275. The van der Waals surface area contributed by atoms with Crippen LogP contribution in [-0.4, -0.2) is 13.0 Å². The van der Waals surface area contributed by atoms with E-state index < -0.39 is 10.1 Å². The Balaban J connectivity index is 0.00000169. The molecule has 72 valence electrons. The van der Waals surface area contributed by atoms with E-state index in [4.69, 9.17) is 0 Å². The summed E-state index contributed by atoms with van der Waals surface area (Å²) in [5, 5.41) is 0. The molecule has 14 heavy (non-hydrogen) atoms. The maximum atomic E-state index is 10.7. The van der Waals surface area contributed by atoms with Gasteiger partial charge in [-0.05, 0) is 59.9 Å². The molecule has 3 nitrogen and oxygen atoms in total. The fourth-order valence-corrected chi connectivity index (χ4v) is 3.34. The maximum absolute atomic E-state index is 10.7. The molecule has 1 aromatic rings. The molecule has 0 radical (unpaired) electrons. The van der Waals surface area contributed by atoms with Gasteiger partial charge in [-0.15, -0.1) is 0 Å². The van der Waals surface area contributed by atoms with Crippen LogP contribution in [0.3, 0.4) is 0 Å². The van der Waals surface area contributed by atoms with Crippen molar-refractivity contribution < 1.29 is 42.5 Å². The fourth-order valence-electron chi connectivity index (χ4n) is 0.696. The molecule has 8 heteroatoms. The third-order valence-electron chi connectivity index (χ3n) is 1.24. The molecular formula is C6H2Br3NaO3S. The normalized spacial score (nSPS) is 10.9. The minimum Gasteiger partial charge on any atom is -0.744 e. The summed E-state index contributed by atoms with van der Waals surface area (Å²) in [5.41, 5.74) is 0. The van der Waals surface area contributed by atoms with E-state index in [-0.39, 0.29) is 38.9 Å².